The monoisotopic (exact) mass is 1340 g/mol. The van der Waals surface area contributed by atoms with Gasteiger partial charge in [0.2, 0.25) is 0 Å². The maximum absolute atomic E-state index is 13.0. The number of esters is 4. The number of carbonyl (C=O) groups is 4. The minimum atomic E-state index is -4.95. The van der Waals surface area contributed by atoms with Crippen molar-refractivity contribution in [2.45, 2.75) is 375 Å². The van der Waals surface area contributed by atoms with Crippen molar-refractivity contribution in [1.82, 2.24) is 0 Å². The molecule has 0 saturated heterocycles. The maximum Gasteiger partial charge on any atom is 0.472 e. The maximum atomic E-state index is 13.0. The average Bonchev–Trinajstić information content (AvgIpc) is 3.66. The molecule has 0 aliphatic rings. The van der Waals surface area contributed by atoms with Crippen LogP contribution in [0.2, 0.25) is 0 Å². The molecule has 19 heteroatoms. The summed E-state index contributed by atoms with van der Waals surface area (Å²) in [6.45, 7) is 14.1. The fraction of sp³-hybridized carbons (Fsp3) is 0.944. The van der Waals surface area contributed by atoms with E-state index in [-0.39, 0.29) is 25.7 Å². The number of aliphatic hydroxyl groups excluding tert-OH is 1. The Morgan fingerprint density at radius 2 is 0.462 bits per heavy atom. The normalized spacial score (nSPS) is 14.2. The Labute approximate surface area is 556 Å². The summed E-state index contributed by atoms with van der Waals surface area (Å²) < 4.78 is 68.3. The molecule has 0 fully saturated rings. The van der Waals surface area contributed by atoms with Crippen LogP contribution in [-0.2, 0) is 65.4 Å². The minimum absolute atomic E-state index is 0.102. The highest BCUT2D eigenvalue weighted by atomic mass is 31.2. The van der Waals surface area contributed by atoms with E-state index < -0.39 is 97.5 Å². The number of phosphoric ester groups is 2. The molecule has 0 spiro atoms. The van der Waals surface area contributed by atoms with E-state index in [4.69, 9.17) is 37.0 Å². The molecule has 0 bridgehead atoms. The van der Waals surface area contributed by atoms with Gasteiger partial charge in [-0.2, -0.15) is 0 Å². The van der Waals surface area contributed by atoms with Gasteiger partial charge in [-0.25, -0.2) is 9.13 Å². The zero-order valence-electron chi connectivity index (χ0n) is 59.5. The molecule has 0 aliphatic heterocycles. The van der Waals surface area contributed by atoms with Gasteiger partial charge >= 0.3 is 39.5 Å². The van der Waals surface area contributed by atoms with Crippen molar-refractivity contribution < 1.29 is 80.2 Å². The molecule has 0 saturated carbocycles. The number of unbranched alkanes of at least 4 members (excludes halogenated alkanes) is 35. The van der Waals surface area contributed by atoms with Gasteiger partial charge in [0.25, 0.3) is 0 Å². The first kappa shape index (κ1) is 89.1. The average molecular weight is 1340 g/mol. The van der Waals surface area contributed by atoms with Crippen molar-refractivity contribution in [3.63, 3.8) is 0 Å². The molecule has 0 amide bonds. The highest BCUT2D eigenvalue weighted by Gasteiger charge is 2.30. The summed E-state index contributed by atoms with van der Waals surface area (Å²) in [6.07, 6.45) is 44.5. The molecule has 0 aromatic rings. The number of aliphatic hydroxyl groups is 1. The molecule has 0 rings (SSSR count). The summed E-state index contributed by atoms with van der Waals surface area (Å²) in [5, 5.41) is 10.6. The Morgan fingerprint density at radius 1 is 0.275 bits per heavy atom. The van der Waals surface area contributed by atoms with E-state index in [0.717, 1.165) is 108 Å². The lowest BCUT2D eigenvalue weighted by Gasteiger charge is -2.21. The second kappa shape index (κ2) is 61.6. The minimum Gasteiger partial charge on any atom is -0.462 e. The van der Waals surface area contributed by atoms with Gasteiger partial charge in [0.1, 0.15) is 19.3 Å². The van der Waals surface area contributed by atoms with E-state index in [2.05, 4.69) is 55.4 Å². The number of hydrogen-bond acceptors (Lipinski definition) is 15. The van der Waals surface area contributed by atoms with E-state index in [1.54, 1.807) is 0 Å². The molecule has 0 aromatic carbocycles. The molecular formula is C72H140O17P2. The zero-order valence-corrected chi connectivity index (χ0v) is 61.3. The Morgan fingerprint density at radius 3 is 0.681 bits per heavy atom. The first-order valence-corrected chi connectivity index (χ1v) is 40.2. The molecule has 3 N–H and O–H groups in total. The molecule has 3 unspecified atom stereocenters. The highest BCUT2D eigenvalue weighted by Crippen LogP contribution is 2.45. The third-order valence-corrected chi connectivity index (χ3v) is 18.5. The molecule has 0 heterocycles. The summed E-state index contributed by atoms with van der Waals surface area (Å²) in [4.78, 5) is 72.6. The number of ether oxygens (including phenoxy) is 4. The zero-order chi connectivity index (χ0) is 67.5. The van der Waals surface area contributed by atoms with Crippen LogP contribution in [0.5, 0.6) is 0 Å². The molecule has 17 nitrogen and oxygen atoms in total. The Bertz CT molecular complexity index is 1800. The van der Waals surface area contributed by atoms with Crippen molar-refractivity contribution in [1.29, 1.82) is 0 Å². The summed E-state index contributed by atoms with van der Waals surface area (Å²) in [5.41, 5.74) is 0. The fourth-order valence-electron chi connectivity index (χ4n) is 10.8. The van der Waals surface area contributed by atoms with E-state index in [1.165, 1.54) is 161 Å². The van der Waals surface area contributed by atoms with E-state index in [0.29, 0.717) is 31.6 Å². The molecule has 5 atom stereocenters. The van der Waals surface area contributed by atoms with Gasteiger partial charge in [0.15, 0.2) is 12.2 Å². The summed E-state index contributed by atoms with van der Waals surface area (Å²) >= 11 is 0. The molecule has 91 heavy (non-hydrogen) atoms. The van der Waals surface area contributed by atoms with Crippen molar-refractivity contribution >= 4 is 39.5 Å². The van der Waals surface area contributed by atoms with Crippen LogP contribution in [0, 0.1) is 23.7 Å². The first-order valence-electron chi connectivity index (χ1n) is 37.2. The van der Waals surface area contributed by atoms with Gasteiger partial charge in [-0.3, -0.25) is 37.3 Å². The van der Waals surface area contributed by atoms with Crippen molar-refractivity contribution in [3.8, 4) is 0 Å². The van der Waals surface area contributed by atoms with Crippen LogP contribution in [0.15, 0.2) is 0 Å². The van der Waals surface area contributed by atoms with Crippen molar-refractivity contribution in [3.05, 3.63) is 0 Å². The van der Waals surface area contributed by atoms with Gasteiger partial charge in [0.05, 0.1) is 26.4 Å². The quantitative estimate of drug-likeness (QED) is 0.0222. The second-order valence-corrected chi connectivity index (χ2v) is 30.8. The Hall–Kier alpha value is -1.94. The molecule has 0 aliphatic carbocycles. The lowest BCUT2D eigenvalue weighted by atomic mass is 10.0. The summed E-state index contributed by atoms with van der Waals surface area (Å²) in [5.74, 6) is 0.851. The van der Waals surface area contributed by atoms with E-state index in [1.807, 2.05) is 0 Å². The number of hydrogen-bond donors (Lipinski definition) is 3. The van der Waals surface area contributed by atoms with E-state index in [9.17, 15) is 43.2 Å². The third-order valence-electron chi connectivity index (χ3n) is 16.6. The smallest absolute Gasteiger partial charge is 0.462 e. The van der Waals surface area contributed by atoms with Crippen LogP contribution in [-0.4, -0.2) is 96.7 Å². The predicted molar refractivity (Wildman–Crippen MR) is 367 cm³/mol. The summed E-state index contributed by atoms with van der Waals surface area (Å²) in [7, 11) is -9.91. The summed E-state index contributed by atoms with van der Waals surface area (Å²) in [6, 6.07) is 0. The molecular weight excluding hydrogens is 1200 g/mol. The lowest BCUT2D eigenvalue weighted by Crippen LogP contribution is -2.30. The topological polar surface area (TPSA) is 237 Å². The predicted octanol–water partition coefficient (Wildman–Crippen LogP) is 20.5. The Balaban J connectivity index is 5.25. The van der Waals surface area contributed by atoms with Crippen LogP contribution < -0.4 is 0 Å². The lowest BCUT2D eigenvalue weighted by molar-refractivity contribution is -0.161. The second-order valence-electron chi connectivity index (χ2n) is 27.9. The standard InChI is InChI=1S/C72H140O17P2/c1-62(2)48-40-32-24-17-13-10-9-11-15-20-30-38-46-54-71(76)88-67(58-82-69(74)52-44-36-28-19-16-12-14-18-25-33-41-49-63(3)4)60-86-90(78,79)84-56-66(73)57-85-91(80,81)87-61-68(89-72(77)55-47-39-31-23-27-35-43-51-65(7)8)59-83-70(75)53-45-37-29-22-21-26-34-42-50-64(5)6/h62-68,73H,9-61H2,1-8H3,(H,78,79)(H,80,81)/t66?,67-,68-/m1/s1. The van der Waals surface area contributed by atoms with Crippen molar-refractivity contribution in [2.24, 2.45) is 23.7 Å². The third kappa shape index (κ3) is 66.5. The molecule has 540 valence electrons. The number of carbonyl (C=O) groups excluding carboxylic acids is 4. The molecule has 0 aromatic heterocycles. The van der Waals surface area contributed by atoms with Gasteiger partial charge in [-0.05, 0) is 49.4 Å². The van der Waals surface area contributed by atoms with Crippen molar-refractivity contribution in [2.75, 3.05) is 39.6 Å². The van der Waals surface area contributed by atoms with Crippen LogP contribution in [0.3, 0.4) is 0 Å². The van der Waals surface area contributed by atoms with Crippen LogP contribution in [0.25, 0.3) is 0 Å². The fourth-order valence-corrected chi connectivity index (χ4v) is 12.4. The first-order chi connectivity index (χ1) is 43.6. The van der Waals surface area contributed by atoms with Crippen LogP contribution >= 0.6 is 15.6 Å². The molecule has 0 radical (unpaired) electrons. The van der Waals surface area contributed by atoms with Crippen LogP contribution in [0.4, 0.5) is 0 Å². The number of phosphoric acid groups is 2. The van der Waals surface area contributed by atoms with Gasteiger partial charge in [0, 0.05) is 25.7 Å². The van der Waals surface area contributed by atoms with Gasteiger partial charge < -0.3 is 33.8 Å². The van der Waals surface area contributed by atoms with Crippen LogP contribution in [0.1, 0.15) is 357 Å². The Kier molecular flexibility index (Phi) is 60.3. The largest absolute Gasteiger partial charge is 0.472 e. The number of rotatable bonds is 69. The van der Waals surface area contributed by atoms with Gasteiger partial charge in [-0.15, -0.1) is 0 Å². The highest BCUT2D eigenvalue weighted by molar-refractivity contribution is 7.47. The van der Waals surface area contributed by atoms with E-state index >= 15 is 0 Å². The van der Waals surface area contributed by atoms with Gasteiger partial charge in [-0.1, -0.05) is 306 Å². The SMILES string of the molecule is CC(C)CCCCCCCCCCCCCCCC(=O)O[C@H](COC(=O)CCCCCCCCCCCCCC(C)C)COP(=O)(O)OCC(O)COP(=O)(O)OC[C@@H](COC(=O)CCCCCCCCCCC(C)C)OC(=O)CCCCCCCCCC(C)C.